The van der Waals surface area contributed by atoms with Gasteiger partial charge in [0.2, 0.25) is 5.91 Å². The first-order valence-corrected chi connectivity index (χ1v) is 9.02. The van der Waals surface area contributed by atoms with Crippen LogP contribution in [0.2, 0.25) is 0 Å². The predicted molar refractivity (Wildman–Crippen MR) is 103 cm³/mol. The molecule has 2 aromatic carbocycles. The van der Waals surface area contributed by atoms with Crippen LogP contribution >= 0.6 is 0 Å². The van der Waals surface area contributed by atoms with Crippen LogP contribution in [-0.4, -0.2) is 31.1 Å². The zero-order valence-corrected chi connectivity index (χ0v) is 15.7. The molecule has 27 heavy (non-hydrogen) atoms. The van der Waals surface area contributed by atoms with E-state index in [2.05, 4.69) is 10.6 Å². The van der Waals surface area contributed by atoms with E-state index in [1.54, 1.807) is 30.3 Å². The van der Waals surface area contributed by atoms with E-state index in [-0.39, 0.29) is 17.7 Å². The first-order valence-electron chi connectivity index (χ1n) is 9.02. The van der Waals surface area contributed by atoms with Gasteiger partial charge in [-0.15, -0.1) is 0 Å². The van der Waals surface area contributed by atoms with Crippen LogP contribution in [0.1, 0.15) is 29.8 Å². The van der Waals surface area contributed by atoms with Crippen LogP contribution in [0.25, 0.3) is 0 Å². The van der Waals surface area contributed by atoms with E-state index in [9.17, 15) is 9.59 Å². The molecule has 142 valence electrons. The Kier molecular flexibility index (Phi) is 5.64. The van der Waals surface area contributed by atoms with Crippen molar-refractivity contribution in [2.24, 2.45) is 5.92 Å². The van der Waals surface area contributed by atoms with Crippen molar-refractivity contribution >= 4 is 17.5 Å². The van der Waals surface area contributed by atoms with E-state index in [1.807, 2.05) is 32.9 Å². The Morgan fingerprint density at radius 2 is 1.74 bits per heavy atom. The highest BCUT2D eigenvalue weighted by atomic mass is 16.6. The van der Waals surface area contributed by atoms with Gasteiger partial charge in [-0.25, -0.2) is 0 Å². The lowest BCUT2D eigenvalue weighted by molar-refractivity contribution is -0.118. The van der Waals surface area contributed by atoms with Gasteiger partial charge < -0.3 is 20.1 Å². The number of carbonyl (C=O) groups excluding carboxylic acids is 2. The second-order valence-corrected chi connectivity index (χ2v) is 6.91. The fraction of sp³-hybridized carbons (Fsp3) is 0.333. The minimum atomic E-state index is -0.661. The van der Waals surface area contributed by atoms with E-state index in [1.165, 1.54) is 0 Å². The molecule has 1 aliphatic heterocycles. The SMILES string of the molecule is Cc1cccc(C(=O)N[C@H](C(=O)Nc2ccc3c(c2)OCCO3)C(C)C)c1. The summed E-state index contributed by atoms with van der Waals surface area (Å²) in [6, 6.07) is 11.9. The van der Waals surface area contributed by atoms with Crippen LogP contribution in [0.4, 0.5) is 5.69 Å². The molecule has 3 rings (SSSR count). The topological polar surface area (TPSA) is 76.7 Å². The van der Waals surface area contributed by atoms with E-state index >= 15 is 0 Å². The lowest BCUT2D eigenvalue weighted by Gasteiger charge is -2.23. The Balaban J connectivity index is 1.71. The molecule has 6 heteroatoms. The van der Waals surface area contributed by atoms with Crippen molar-refractivity contribution in [2.75, 3.05) is 18.5 Å². The van der Waals surface area contributed by atoms with E-state index < -0.39 is 6.04 Å². The molecular weight excluding hydrogens is 344 g/mol. The number of fused-ring (bicyclic) bond motifs is 1. The average molecular weight is 368 g/mol. The average Bonchev–Trinajstić information content (AvgIpc) is 2.65. The summed E-state index contributed by atoms with van der Waals surface area (Å²) in [4.78, 5) is 25.3. The molecule has 1 atom stereocenters. The summed E-state index contributed by atoms with van der Waals surface area (Å²) < 4.78 is 11.0. The van der Waals surface area contributed by atoms with Crippen LogP contribution in [0, 0.1) is 12.8 Å². The molecule has 1 aliphatic rings. The molecule has 0 fully saturated rings. The number of benzene rings is 2. The first-order chi connectivity index (χ1) is 12.9. The molecule has 0 aromatic heterocycles. The predicted octanol–water partition coefficient (Wildman–Crippen LogP) is 3.16. The normalized spacial score (nSPS) is 13.8. The molecule has 1 heterocycles. The third-order valence-corrected chi connectivity index (χ3v) is 4.33. The zero-order chi connectivity index (χ0) is 19.4. The molecule has 0 radical (unpaired) electrons. The van der Waals surface area contributed by atoms with Gasteiger partial charge in [0.25, 0.3) is 5.91 Å². The maximum Gasteiger partial charge on any atom is 0.251 e. The molecule has 0 aliphatic carbocycles. The second-order valence-electron chi connectivity index (χ2n) is 6.91. The van der Waals surface area contributed by atoms with Crippen LogP contribution < -0.4 is 20.1 Å². The summed E-state index contributed by atoms with van der Waals surface area (Å²) in [5.41, 5.74) is 2.12. The number of anilines is 1. The molecule has 0 spiro atoms. The van der Waals surface area contributed by atoms with Gasteiger partial charge >= 0.3 is 0 Å². The van der Waals surface area contributed by atoms with Gasteiger partial charge in [0.05, 0.1) is 0 Å². The molecular formula is C21H24N2O4. The van der Waals surface area contributed by atoms with E-state index in [0.29, 0.717) is 36.0 Å². The third kappa shape index (κ3) is 4.58. The Morgan fingerprint density at radius 1 is 1.00 bits per heavy atom. The zero-order valence-electron chi connectivity index (χ0n) is 15.7. The number of ether oxygens (including phenoxy) is 2. The molecule has 0 unspecified atom stereocenters. The van der Waals surface area contributed by atoms with Crippen LogP contribution in [0.5, 0.6) is 11.5 Å². The molecule has 0 saturated heterocycles. The molecule has 6 nitrogen and oxygen atoms in total. The smallest absolute Gasteiger partial charge is 0.251 e. The lowest BCUT2D eigenvalue weighted by atomic mass is 10.0. The highest BCUT2D eigenvalue weighted by Crippen LogP contribution is 2.32. The number of carbonyl (C=O) groups is 2. The van der Waals surface area contributed by atoms with Crippen molar-refractivity contribution in [3.8, 4) is 11.5 Å². The highest BCUT2D eigenvalue weighted by molar-refractivity contribution is 6.01. The van der Waals surface area contributed by atoms with Crippen molar-refractivity contribution in [2.45, 2.75) is 26.8 Å². The second kappa shape index (κ2) is 8.12. The number of hydrogen-bond acceptors (Lipinski definition) is 4. The maximum absolute atomic E-state index is 12.8. The van der Waals surface area contributed by atoms with Gasteiger partial charge in [-0.05, 0) is 37.1 Å². The summed E-state index contributed by atoms with van der Waals surface area (Å²) >= 11 is 0. The van der Waals surface area contributed by atoms with Crippen molar-refractivity contribution < 1.29 is 19.1 Å². The van der Waals surface area contributed by atoms with Gasteiger partial charge in [0.15, 0.2) is 11.5 Å². The minimum absolute atomic E-state index is 0.0732. The summed E-state index contributed by atoms with van der Waals surface area (Å²) in [6.07, 6.45) is 0. The van der Waals surface area contributed by atoms with Crippen molar-refractivity contribution in [1.82, 2.24) is 5.32 Å². The fourth-order valence-electron chi connectivity index (χ4n) is 2.89. The Labute approximate surface area is 158 Å². The van der Waals surface area contributed by atoms with E-state index in [0.717, 1.165) is 5.56 Å². The molecule has 2 aromatic rings. The van der Waals surface area contributed by atoms with Crippen LogP contribution in [0.15, 0.2) is 42.5 Å². The Morgan fingerprint density at radius 3 is 2.44 bits per heavy atom. The van der Waals surface area contributed by atoms with Gasteiger partial charge in [-0.1, -0.05) is 31.5 Å². The number of hydrogen-bond donors (Lipinski definition) is 2. The summed E-state index contributed by atoms with van der Waals surface area (Å²) in [6.45, 7) is 6.70. The fourth-order valence-corrected chi connectivity index (χ4v) is 2.89. The quantitative estimate of drug-likeness (QED) is 0.850. The number of rotatable bonds is 5. The molecule has 0 bridgehead atoms. The first kappa shape index (κ1) is 18.8. The van der Waals surface area contributed by atoms with Gasteiger partial charge in [0, 0.05) is 17.3 Å². The van der Waals surface area contributed by atoms with Crippen molar-refractivity contribution in [3.63, 3.8) is 0 Å². The standard InChI is InChI=1S/C21H24N2O4/c1-13(2)19(23-20(24)15-6-4-5-14(3)11-15)21(25)22-16-7-8-17-18(12-16)27-10-9-26-17/h4-8,11-13,19H,9-10H2,1-3H3,(H,22,25)(H,23,24)/t19-/m0/s1. The largest absolute Gasteiger partial charge is 0.486 e. The maximum atomic E-state index is 12.8. The van der Waals surface area contributed by atoms with Crippen molar-refractivity contribution in [3.05, 3.63) is 53.6 Å². The summed E-state index contributed by atoms with van der Waals surface area (Å²) in [5, 5.41) is 5.69. The van der Waals surface area contributed by atoms with Crippen molar-refractivity contribution in [1.29, 1.82) is 0 Å². The van der Waals surface area contributed by atoms with E-state index in [4.69, 9.17) is 9.47 Å². The monoisotopic (exact) mass is 368 g/mol. The lowest BCUT2D eigenvalue weighted by Crippen LogP contribution is -2.47. The number of aryl methyl sites for hydroxylation is 1. The Hall–Kier alpha value is -3.02. The summed E-state index contributed by atoms with van der Waals surface area (Å²) in [7, 11) is 0. The van der Waals surface area contributed by atoms with Gasteiger partial charge in [-0.3, -0.25) is 9.59 Å². The minimum Gasteiger partial charge on any atom is -0.486 e. The summed E-state index contributed by atoms with van der Waals surface area (Å²) in [5.74, 6) is 0.643. The van der Waals surface area contributed by atoms with Gasteiger partial charge in [-0.2, -0.15) is 0 Å². The number of nitrogens with one attached hydrogen (secondary N) is 2. The Bertz CT molecular complexity index is 848. The molecule has 2 amide bonds. The third-order valence-electron chi connectivity index (χ3n) is 4.33. The van der Waals surface area contributed by atoms with Crippen LogP contribution in [-0.2, 0) is 4.79 Å². The molecule has 0 saturated carbocycles. The van der Waals surface area contributed by atoms with Crippen LogP contribution in [0.3, 0.4) is 0 Å². The van der Waals surface area contributed by atoms with Gasteiger partial charge in [0.1, 0.15) is 19.3 Å². The number of amides is 2. The highest BCUT2D eigenvalue weighted by Gasteiger charge is 2.25. The molecule has 2 N–H and O–H groups in total.